The molecule has 0 fully saturated rings. The fourth-order valence-corrected chi connectivity index (χ4v) is 4.33. The molecule has 8 heteroatoms. The fraction of sp³-hybridized carbons (Fsp3) is 0.154. The first kappa shape index (κ1) is 23.3. The largest absolute Gasteiger partial charge is 0.290 e. The summed E-state index contributed by atoms with van der Waals surface area (Å²) in [6.45, 7) is 4.47. The minimum atomic E-state index is -0.465. The molecule has 0 spiro atoms. The molecule has 1 heterocycles. The molecule has 0 radical (unpaired) electrons. The SMILES string of the molecule is CC(=NCCSc1ccc(C)cc1)c1c(-c2ccccc2)[nH]n(-c2ccc([N+](=O)[O-])cc2)c1=O. The summed E-state index contributed by atoms with van der Waals surface area (Å²) in [4.78, 5) is 29.8. The Bertz CT molecular complexity index is 1370. The van der Waals surface area contributed by atoms with Crippen LogP contribution in [0.2, 0.25) is 0 Å². The van der Waals surface area contributed by atoms with Crippen LogP contribution in [-0.2, 0) is 0 Å². The molecule has 0 unspecified atom stereocenters. The third kappa shape index (κ3) is 5.18. The van der Waals surface area contributed by atoms with Gasteiger partial charge in [0.2, 0.25) is 0 Å². The van der Waals surface area contributed by atoms with Crippen LogP contribution in [0.25, 0.3) is 16.9 Å². The van der Waals surface area contributed by atoms with E-state index in [2.05, 4.69) is 36.3 Å². The first-order valence-electron chi connectivity index (χ1n) is 10.8. The highest BCUT2D eigenvalue weighted by Crippen LogP contribution is 2.23. The van der Waals surface area contributed by atoms with E-state index in [0.717, 1.165) is 11.3 Å². The lowest BCUT2D eigenvalue weighted by atomic mass is 10.1. The number of rotatable bonds is 8. The Hall–Kier alpha value is -3.91. The second-order valence-electron chi connectivity index (χ2n) is 7.77. The lowest BCUT2D eigenvalue weighted by molar-refractivity contribution is -0.384. The maximum absolute atomic E-state index is 13.4. The smallest absolute Gasteiger partial charge is 0.280 e. The van der Waals surface area contributed by atoms with E-state index in [9.17, 15) is 14.9 Å². The summed E-state index contributed by atoms with van der Waals surface area (Å²) in [5.74, 6) is 0.794. The third-order valence-electron chi connectivity index (χ3n) is 5.36. The molecule has 4 aromatic rings. The molecular weight excluding hydrogens is 448 g/mol. The summed E-state index contributed by atoms with van der Waals surface area (Å²) in [5, 5.41) is 14.2. The molecule has 7 nitrogen and oxygen atoms in total. The predicted octanol–water partition coefficient (Wildman–Crippen LogP) is 5.65. The van der Waals surface area contributed by atoms with Crippen LogP contribution in [0.15, 0.2) is 93.5 Å². The van der Waals surface area contributed by atoms with Crippen LogP contribution >= 0.6 is 11.8 Å². The van der Waals surface area contributed by atoms with Crippen LogP contribution in [0.3, 0.4) is 0 Å². The lowest BCUT2D eigenvalue weighted by Crippen LogP contribution is -2.20. The molecule has 0 amide bonds. The molecule has 0 aliphatic rings. The van der Waals surface area contributed by atoms with Gasteiger partial charge in [0, 0.05) is 40.6 Å². The van der Waals surface area contributed by atoms with E-state index in [0.29, 0.717) is 29.2 Å². The van der Waals surface area contributed by atoms with Crippen LogP contribution in [0, 0.1) is 17.0 Å². The summed E-state index contributed by atoms with van der Waals surface area (Å²) in [7, 11) is 0. The molecule has 0 saturated heterocycles. The number of nitrogens with one attached hydrogen (secondary N) is 1. The number of aromatic amines is 1. The van der Waals surface area contributed by atoms with Crippen molar-refractivity contribution in [3.8, 4) is 16.9 Å². The second-order valence-corrected chi connectivity index (χ2v) is 8.94. The quantitative estimate of drug-likeness (QED) is 0.118. The highest BCUT2D eigenvalue weighted by Gasteiger charge is 2.19. The van der Waals surface area contributed by atoms with Crippen molar-refractivity contribution in [1.82, 2.24) is 9.78 Å². The van der Waals surface area contributed by atoms with Gasteiger partial charge in [-0.3, -0.25) is 25.0 Å². The van der Waals surface area contributed by atoms with E-state index in [1.807, 2.05) is 37.3 Å². The van der Waals surface area contributed by atoms with Gasteiger partial charge in [0.25, 0.3) is 11.2 Å². The Morgan fingerprint density at radius 3 is 2.35 bits per heavy atom. The first-order chi connectivity index (χ1) is 16.4. The zero-order valence-corrected chi connectivity index (χ0v) is 19.7. The van der Waals surface area contributed by atoms with Crippen molar-refractivity contribution in [1.29, 1.82) is 0 Å². The van der Waals surface area contributed by atoms with Gasteiger partial charge in [-0.2, -0.15) is 0 Å². The fourth-order valence-electron chi connectivity index (χ4n) is 3.58. The minimum absolute atomic E-state index is 0.0318. The van der Waals surface area contributed by atoms with Crippen LogP contribution in [0.5, 0.6) is 0 Å². The van der Waals surface area contributed by atoms with Gasteiger partial charge in [-0.15, -0.1) is 11.8 Å². The molecule has 0 aliphatic carbocycles. The summed E-state index contributed by atoms with van der Waals surface area (Å²) in [6, 6.07) is 23.8. The zero-order chi connectivity index (χ0) is 24.1. The molecule has 1 N–H and O–H groups in total. The topological polar surface area (TPSA) is 93.3 Å². The van der Waals surface area contributed by atoms with E-state index in [1.54, 1.807) is 23.9 Å². The Labute approximate surface area is 201 Å². The number of benzene rings is 3. The average Bonchev–Trinajstić information content (AvgIpc) is 3.20. The summed E-state index contributed by atoms with van der Waals surface area (Å²) in [6.07, 6.45) is 0. The molecule has 3 aromatic carbocycles. The molecule has 4 rings (SSSR count). The maximum atomic E-state index is 13.4. The van der Waals surface area contributed by atoms with Gasteiger partial charge in [0.1, 0.15) is 0 Å². The van der Waals surface area contributed by atoms with Crippen molar-refractivity contribution in [2.45, 2.75) is 18.7 Å². The van der Waals surface area contributed by atoms with Gasteiger partial charge in [0.05, 0.1) is 21.9 Å². The van der Waals surface area contributed by atoms with Crippen molar-refractivity contribution in [2.24, 2.45) is 4.99 Å². The van der Waals surface area contributed by atoms with E-state index < -0.39 is 4.92 Å². The summed E-state index contributed by atoms with van der Waals surface area (Å²) < 4.78 is 1.40. The minimum Gasteiger partial charge on any atom is -0.290 e. The number of H-pyrrole nitrogens is 1. The standard InChI is InChI=1S/C26H24N4O3S/c1-18-8-14-23(15-9-18)34-17-16-27-19(2)24-25(20-6-4-3-5-7-20)28-29(26(24)31)21-10-12-22(13-11-21)30(32)33/h3-15,28H,16-17H2,1-2H3. The van der Waals surface area contributed by atoms with E-state index >= 15 is 0 Å². The van der Waals surface area contributed by atoms with Crippen molar-refractivity contribution in [3.05, 3.63) is 110 Å². The van der Waals surface area contributed by atoms with Gasteiger partial charge in [-0.25, -0.2) is 4.68 Å². The Balaban J connectivity index is 1.64. The number of aliphatic imine (C=N–C) groups is 1. The number of aryl methyl sites for hydroxylation is 1. The zero-order valence-electron chi connectivity index (χ0n) is 18.9. The van der Waals surface area contributed by atoms with Crippen LogP contribution < -0.4 is 5.56 Å². The van der Waals surface area contributed by atoms with E-state index in [-0.39, 0.29) is 11.2 Å². The number of hydrogen-bond acceptors (Lipinski definition) is 5. The van der Waals surface area contributed by atoms with Crippen LogP contribution in [0.4, 0.5) is 5.69 Å². The van der Waals surface area contributed by atoms with Crippen molar-refractivity contribution in [2.75, 3.05) is 12.3 Å². The van der Waals surface area contributed by atoms with Crippen molar-refractivity contribution < 1.29 is 4.92 Å². The van der Waals surface area contributed by atoms with Crippen LogP contribution in [-0.4, -0.2) is 32.7 Å². The number of non-ortho nitro benzene ring substituents is 1. The normalized spacial score (nSPS) is 11.5. The predicted molar refractivity (Wildman–Crippen MR) is 137 cm³/mol. The summed E-state index contributed by atoms with van der Waals surface area (Å²) >= 11 is 1.72. The Kier molecular flexibility index (Phi) is 7.08. The van der Waals surface area contributed by atoms with Gasteiger partial charge in [-0.05, 0) is 38.1 Å². The van der Waals surface area contributed by atoms with Crippen LogP contribution in [0.1, 0.15) is 18.1 Å². The molecule has 0 saturated carbocycles. The Morgan fingerprint density at radius 1 is 1.03 bits per heavy atom. The molecule has 0 atom stereocenters. The summed E-state index contributed by atoms with van der Waals surface area (Å²) in [5.41, 5.74) is 4.12. The number of nitro groups is 1. The number of aromatic nitrogens is 2. The third-order valence-corrected chi connectivity index (χ3v) is 6.36. The monoisotopic (exact) mass is 472 g/mol. The first-order valence-corrected chi connectivity index (χ1v) is 11.8. The van der Waals surface area contributed by atoms with E-state index in [1.165, 1.54) is 27.3 Å². The Morgan fingerprint density at radius 2 is 1.71 bits per heavy atom. The van der Waals surface area contributed by atoms with Gasteiger partial charge in [-0.1, -0.05) is 48.0 Å². The molecular formula is C26H24N4O3S. The van der Waals surface area contributed by atoms with Gasteiger partial charge in [0.15, 0.2) is 0 Å². The molecule has 172 valence electrons. The van der Waals surface area contributed by atoms with E-state index in [4.69, 9.17) is 4.99 Å². The number of thioether (sulfide) groups is 1. The highest BCUT2D eigenvalue weighted by molar-refractivity contribution is 7.99. The number of hydrogen-bond donors (Lipinski definition) is 1. The van der Waals surface area contributed by atoms with Gasteiger partial charge >= 0.3 is 0 Å². The van der Waals surface area contributed by atoms with Crippen molar-refractivity contribution in [3.63, 3.8) is 0 Å². The average molecular weight is 473 g/mol. The maximum Gasteiger partial charge on any atom is 0.280 e. The molecule has 34 heavy (non-hydrogen) atoms. The second kappa shape index (κ2) is 10.4. The lowest BCUT2D eigenvalue weighted by Gasteiger charge is -2.04. The number of nitrogens with zero attached hydrogens (tertiary/aromatic N) is 3. The molecule has 0 aliphatic heterocycles. The highest BCUT2D eigenvalue weighted by atomic mass is 32.2. The van der Waals surface area contributed by atoms with Gasteiger partial charge < -0.3 is 0 Å². The molecule has 1 aromatic heterocycles. The number of nitro benzene ring substituents is 1. The van der Waals surface area contributed by atoms with Crippen molar-refractivity contribution >= 4 is 23.2 Å². The molecule has 0 bridgehead atoms.